The van der Waals surface area contributed by atoms with Crippen molar-refractivity contribution in [2.45, 2.75) is 20.3 Å². The summed E-state index contributed by atoms with van der Waals surface area (Å²) in [5, 5.41) is 0. The van der Waals surface area contributed by atoms with E-state index >= 15 is 0 Å². The van der Waals surface area contributed by atoms with Crippen LogP contribution in [0.25, 0.3) is 11.1 Å². The lowest BCUT2D eigenvalue weighted by atomic mass is 10.5. The van der Waals surface area contributed by atoms with Crippen molar-refractivity contribution in [1.82, 2.24) is 0 Å². The van der Waals surface area contributed by atoms with Gasteiger partial charge < -0.3 is 4.74 Å². The van der Waals surface area contributed by atoms with E-state index < -0.39 is 11.9 Å². The largest absolute Gasteiger partial charge is 0.393 e. The van der Waals surface area contributed by atoms with Gasteiger partial charge in [0.1, 0.15) is 0 Å². The number of benzene rings is 1. The van der Waals surface area contributed by atoms with E-state index in [2.05, 4.69) is 29.0 Å². The lowest BCUT2D eigenvalue weighted by Gasteiger charge is -1.92. The van der Waals surface area contributed by atoms with Crippen LogP contribution in [-0.2, 0) is 14.3 Å². The minimum absolute atomic E-state index is 0.250. The zero-order valence-corrected chi connectivity index (χ0v) is 8.24. The first-order valence-electron chi connectivity index (χ1n) is 4.45. The van der Waals surface area contributed by atoms with Gasteiger partial charge in [0.25, 0.3) is 0 Å². The summed E-state index contributed by atoms with van der Waals surface area (Å²) in [6.07, 6.45) is 0.250. The second-order valence-electron chi connectivity index (χ2n) is 2.90. The molecule has 3 heteroatoms. The Hall–Kier alpha value is -1.64. The van der Waals surface area contributed by atoms with Gasteiger partial charge in [-0.25, -0.2) is 0 Å². The number of carbonyl (C=O) groups is 2. The molecule has 0 bridgehead atoms. The van der Waals surface area contributed by atoms with E-state index in [0.717, 1.165) is 0 Å². The minimum Gasteiger partial charge on any atom is -0.393 e. The third-order valence-electron chi connectivity index (χ3n) is 1.66. The summed E-state index contributed by atoms with van der Waals surface area (Å²) >= 11 is 0. The summed E-state index contributed by atoms with van der Waals surface area (Å²) in [6, 6.07) is 8.48. The van der Waals surface area contributed by atoms with Gasteiger partial charge in [0.2, 0.25) is 0 Å². The molecule has 3 nitrogen and oxygen atoms in total. The Morgan fingerprint density at radius 3 is 2.00 bits per heavy atom. The molecule has 0 atom stereocenters. The Balaban J connectivity index is 0.000000143. The third kappa shape index (κ3) is 3.39. The number of esters is 2. The van der Waals surface area contributed by atoms with Crippen LogP contribution in [0.5, 0.6) is 0 Å². The maximum atomic E-state index is 10.2. The number of fused-ring (bicyclic) bond motifs is 1. The van der Waals surface area contributed by atoms with Crippen LogP contribution >= 0.6 is 0 Å². The van der Waals surface area contributed by atoms with E-state index in [9.17, 15) is 9.59 Å². The number of ether oxygens (including phenoxy) is 1. The first-order chi connectivity index (χ1) is 6.63. The van der Waals surface area contributed by atoms with Crippen LogP contribution < -0.4 is 0 Å². The Kier molecular flexibility index (Phi) is 3.40. The van der Waals surface area contributed by atoms with Gasteiger partial charge in [-0.05, 0) is 17.2 Å². The molecule has 0 heterocycles. The summed E-state index contributed by atoms with van der Waals surface area (Å²) in [7, 11) is 0. The molecule has 0 aromatic rings. The van der Waals surface area contributed by atoms with Crippen LogP contribution in [0.1, 0.15) is 20.3 Å². The molecule has 0 spiro atoms. The highest BCUT2D eigenvalue weighted by Gasteiger charge is 2.06. The van der Waals surface area contributed by atoms with E-state index in [1.807, 2.05) is 0 Å². The van der Waals surface area contributed by atoms with Crippen molar-refractivity contribution in [2.75, 3.05) is 0 Å². The molecule has 2 aliphatic rings. The molecule has 0 aromatic heterocycles. The quantitative estimate of drug-likeness (QED) is 0.513. The molecule has 0 aromatic carbocycles. The second kappa shape index (κ2) is 4.56. The topological polar surface area (TPSA) is 43.4 Å². The van der Waals surface area contributed by atoms with Crippen LogP contribution in [0.2, 0.25) is 0 Å². The van der Waals surface area contributed by atoms with Gasteiger partial charge in [-0.15, -0.1) is 0 Å². The third-order valence-corrected chi connectivity index (χ3v) is 1.66. The SMILES string of the molecule is CCC(=O)OC(C)=O.c1cc2cc-2c1. The van der Waals surface area contributed by atoms with Gasteiger partial charge in [0.15, 0.2) is 0 Å². The first-order valence-corrected chi connectivity index (χ1v) is 4.45. The molecular weight excluding hydrogens is 180 g/mol. The van der Waals surface area contributed by atoms with E-state index in [1.54, 1.807) is 6.92 Å². The Labute approximate surface area is 82.7 Å². The van der Waals surface area contributed by atoms with E-state index in [-0.39, 0.29) is 6.42 Å². The molecule has 0 saturated heterocycles. The van der Waals surface area contributed by atoms with Crippen molar-refractivity contribution in [3.63, 3.8) is 0 Å². The average Bonchev–Trinajstić information content (AvgIpc) is 2.74. The van der Waals surface area contributed by atoms with Gasteiger partial charge in [-0.1, -0.05) is 25.1 Å². The van der Waals surface area contributed by atoms with E-state index in [0.29, 0.717) is 0 Å². The van der Waals surface area contributed by atoms with Crippen LogP contribution in [0.4, 0.5) is 0 Å². The van der Waals surface area contributed by atoms with Crippen LogP contribution in [0.3, 0.4) is 0 Å². The molecule has 2 aliphatic carbocycles. The standard InChI is InChI=1S/C6H4.C5H8O3/c1-2-5-4-6(5)3-1;1-3-5(7)8-4(2)6/h1-4H;3H2,1-2H3. The van der Waals surface area contributed by atoms with Crippen molar-refractivity contribution < 1.29 is 14.3 Å². The van der Waals surface area contributed by atoms with Gasteiger partial charge in [0.05, 0.1) is 0 Å². The van der Waals surface area contributed by atoms with E-state index in [1.165, 1.54) is 18.1 Å². The lowest BCUT2D eigenvalue weighted by molar-refractivity contribution is -0.157. The Morgan fingerprint density at radius 1 is 1.29 bits per heavy atom. The fraction of sp³-hybridized carbons (Fsp3) is 0.273. The number of carbonyl (C=O) groups excluding carboxylic acids is 2. The molecular formula is C11H12O3. The van der Waals surface area contributed by atoms with Crippen molar-refractivity contribution in [3.05, 3.63) is 24.3 Å². The molecule has 0 fully saturated rings. The number of rotatable bonds is 1. The predicted molar refractivity (Wildman–Crippen MR) is 52.5 cm³/mol. The Morgan fingerprint density at radius 2 is 1.86 bits per heavy atom. The van der Waals surface area contributed by atoms with Crippen molar-refractivity contribution >= 4 is 11.9 Å². The minimum atomic E-state index is -0.545. The molecule has 14 heavy (non-hydrogen) atoms. The highest BCUT2D eigenvalue weighted by Crippen LogP contribution is 2.32. The second-order valence-corrected chi connectivity index (χ2v) is 2.90. The van der Waals surface area contributed by atoms with E-state index in [4.69, 9.17) is 0 Å². The maximum Gasteiger partial charge on any atom is 0.313 e. The van der Waals surface area contributed by atoms with Gasteiger partial charge in [0, 0.05) is 13.3 Å². The normalized spacial score (nSPS) is 9.57. The molecule has 0 radical (unpaired) electrons. The van der Waals surface area contributed by atoms with Crippen LogP contribution in [0, 0.1) is 0 Å². The first kappa shape index (κ1) is 10.4. The van der Waals surface area contributed by atoms with Crippen molar-refractivity contribution in [1.29, 1.82) is 0 Å². The molecule has 2 rings (SSSR count). The molecule has 0 unspecified atom stereocenters. The predicted octanol–water partition coefficient (Wildman–Crippen LogP) is 2.15. The molecule has 74 valence electrons. The molecule has 0 aliphatic heterocycles. The lowest BCUT2D eigenvalue weighted by Crippen LogP contribution is -2.06. The zero-order valence-electron chi connectivity index (χ0n) is 8.24. The van der Waals surface area contributed by atoms with Gasteiger partial charge in [-0.2, -0.15) is 0 Å². The maximum absolute atomic E-state index is 10.2. The van der Waals surface area contributed by atoms with Crippen molar-refractivity contribution in [3.8, 4) is 11.1 Å². The fourth-order valence-corrected chi connectivity index (χ4v) is 0.908. The van der Waals surface area contributed by atoms with Gasteiger partial charge >= 0.3 is 11.9 Å². The number of hydrogen-bond donors (Lipinski definition) is 0. The smallest absolute Gasteiger partial charge is 0.313 e. The highest BCUT2D eigenvalue weighted by molar-refractivity contribution is 5.83. The summed E-state index contributed by atoms with van der Waals surface area (Å²) in [6.45, 7) is 2.83. The highest BCUT2D eigenvalue weighted by atomic mass is 16.6. The fourth-order valence-electron chi connectivity index (χ4n) is 0.908. The van der Waals surface area contributed by atoms with Crippen LogP contribution in [0.15, 0.2) is 24.3 Å². The Bertz CT molecular complexity index is 338. The molecule has 0 amide bonds. The monoisotopic (exact) mass is 192 g/mol. The van der Waals surface area contributed by atoms with Gasteiger partial charge in [-0.3, -0.25) is 9.59 Å². The summed E-state index contributed by atoms with van der Waals surface area (Å²) < 4.78 is 4.12. The average molecular weight is 192 g/mol. The zero-order chi connectivity index (χ0) is 10.6. The number of hydrogen-bond acceptors (Lipinski definition) is 3. The molecule has 0 saturated carbocycles. The van der Waals surface area contributed by atoms with Crippen LogP contribution in [-0.4, -0.2) is 11.9 Å². The van der Waals surface area contributed by atoms with Crippen molar-refractivity contribution in [2.24, 2.45) is 0 Å². The summed E-state index contributed by atoms with van der Waals surface area (Å²) in [4.78, 5) is 20.1. The molecule has 0 N–H and O–H groups in total. The summed E-state index contributed by atoms with van der Waals surface area (Å²) in [5.74, 6) is -1.02. The summed E-state index contributed by atoms with van der Waals surface area (Å²) in [5.41, 5.74) is 2.85.